The SMILES string of the molecule is CCn1c(CN)[n+](CC)c2ccc(OC)cc21. The Labute approximate surface area is 102 Å². The summed E-state index contributed by atoms with van der Waals surface area (Å²) in [5.41, 5.74) is 8.27. The van der Waals surface area contributed by atoms with Crippen molar-refractivity contribution in [2.75, 3.05) is 7.11 Å². The van der Waals surface area contributed by atoms with E-state index in [1.165, 1.54) is 16.9 Å². The molecule has 0 saturated carbocycles. The van der Waals surface area contributed by atoms with Gasteiger partial charge in [-0.1, -0.05) is 0 Å². The third-order valence-electron chi connectivity index (χ3n) is 3.20. The van der Waals surface area contributed by atoms with Gasteiger partial charge in [0.25, 0.3) is 5.82 Å². The van der Waals surface area contributed by atoms with Gasteiger partial charge in [0, 0.05) is 6.07 Å². The lowest BCUT2D eigenvalue weighted by Gasteiger charge is -1.98. The standard InChI is InChI=1S/C13H20N3O/c1-4-15-11-7-6-10(17-3)8-12(11)16(5-2)13(15)9-14/h6-8H,4-5,9,14H2,1-3H3/q+1. The maximum atomic E-state index is 5.86. The van der Waals surface area contributed by atoms with Crippen LogP contribution in [0.1, 0.15) is 19.7 Å². The Morgan fingerprint density at radius 2 is 2.12 bits per heavy atom. The molecule has 0 saturated heterocycles. The average molecular weight is 234 g/mol. The predicted octanol–water partition coefficient (Wildman–Crippen LogP) is 1.44. The summed E-state index contributed by atoms with van der Waals surface area (Å²) < 4.78 is 9.80. The second-order valence-corrected chi connectivity index (χ2v) is 3.96. The fraction of sp³-hybridized carbons (Fsp3) is 0.462. The van der Waals surface area contributed by atoms with E-state index in [-0.39, 0.29) is 0 Å². The highest BCUT2D eigenvalue weighted by atomic mass is 16.5. The first-order chi connectivity index (χ1) is 8.26. The molecule has 2 rings (SSSR count). The second kappa shape index (κ2) is 4.75. The Balaban J connectivity index is 2.78. The smallest absolute Gasteiger partial charge is 0.271 e. The zero-order valence-corrected chi connectivity index (χ0v) is 10.7. The molecule has 0 atom stereocenters. The van der Waals surface area contributed by atoms with Crippen LogP contribution in [-0.4, -0.2) is 11.7 Å². The summed E-state index contributed by atoms with van der Waals surface area (Å²) in [5, 5.41) is 0. The van der Waals surface area contributed by atoms with Crippen LogP contribution in [0, 0.1) is 0 Å². The summed E-state index contributed by atoms with van der Waals surface area (Å²) in [6, 6.07) is 6.17. The Kier molecular flexibility index (Phi) is 3.33. The van der Waals surface area contributed by atoms with Gasteiger partial charge >= 0.3 is 0 Å². The molecule has 4 heteroatoms. The lowest BCUT2D eigenvalue weighted by Crippen LogP contribution is -2.38. The fourth-order valence-electron chi connectivity index (χ4n) is 2.42. The van der Waals surface area contributed by atoms with Crippen LogP contribution in [0.25, 0.3) is 11.0 Å². The minimum Gasteiger partial charge on any atom is -0.497 e. The number of benzene rings is 1. The Morgan fingerprint density at radius 3 is 2.65 bits per heavy atom. The molecule has 0 amide bonds. The predicted molar refractivity (Wildman–Crippen MR) is 67.9 cm³/mol. The van der Waals surface area contributed by atoms with Crippen LogP contribution in [0.4, 0.5) is 0 Å². The monoisotopic (exact) mass is 234 g/mol. The van der Waals surface area contributed by atoms with Crippen LogP contribution in [0.5, 0.6) is 5.75 Å². The van der Waals surface area contributed by atoms with Gasteiger partial charge in [-0.25, -0.2) is 9.13 Å². The van der Waals surface area contributed by atoms with Crippen molar-refractivity contribution in [2.45, 2.75) is 33.5 Å². The summed E-state index contributed by atoms with van der Waals surface area (Å²) in [6.07, 6.45) is 0. The molecule has 0 aliphatic carbocycles. The quantitative estimate of drug-likeness (QED) is 0.813. The van der Waals surface area contributed by atoms with E-state index in [0.717, 1.165) is 18.8 Å². The molecule has 0 bridgehead atoms. The molecule has 1 aromatic heterocycles. The third-order valence-corrected chi connectivity index (χ3v) is 3.20. The molecular formula is C13H20N3O+. The van der Waals surface area contributed by atoms with E-state index in [1.807, 2.05) is 6.07 Å². The highest BCUT2D eigenvalue weighted by molar-refractivity contribution is 5.74. The van der Waals surface area contributed by atoms with E-state index in [2.05, 4.69) is 35.1 Å². The van der Waals surface area contributed by atoms with E-state index in [9.17, 15) is 0 Å². The van der Waals surface area contributed by atoms with E-state index < -0.39 is 0 Å². The molecule has 4 nitrogen and oxygen atoms in total. The maximum Gasteiger partial charge on any atom is 0.271 e. The Morgan fingerprint density at radius 1 is 1.35 bits per heavy atom. The minimum atomic E-state index is 0.554. The number of methoxy groups -OCH3 is 1. The molecule has 17 heavy (non-hydrogen) atoms. The Bertz CT molecular complexity index is 531. The molecular weight excluding hydrogens is 214 g/mol. The van der Waals surface area contributed by atoms with E-state index in [4.69, 9.17) is 10.5 Å². The van der Waals surface area contributed by atoms with Gasteiger partial charge < -0.3 is 10.5 Å². The van der Waals surface area contributed by atoms with Gasteiger partial charge in [0.2, 0.25) is 0 Å². The molecule has 0 aliphatic heterocycles. The molecule has 1 heterocycles. The molecule has 0 radical (unpaired) electrons. The van der Waals surface area contributed by atoms with Crippen LogP contribution >= 0.6 is 0 Å². The van der Waals surface area contributed by atoms with Gasteiger partial charge in [-0.15, -0.1) is 0 Å². The van der Waals surface area contributed by atoms with Gasteiger partial charge in [-0.3, -0.25) is 0 Å². The molecule has 0 spiro atoms. The van der Waals surface area contributed by atoms with Crippen LogP contribution < -0.4 is 15.0 Å². The van der Waals surface area contributed by atoms with Gasteiger partial charge in [0.15, 0.2) is 11.0 Å². The number of nitrogens with zero attached hydrogens (tertiary/aromatic N) is 2. The zero-order chi connectivity index (χ0) is 12.4. The molecule has 2 aromatic rings. The molecule has 92 valence electrons. The normalized spacial score (nSPS) is 11.1. The molecule has 0 fully saturated rings. The summed E-state index contributed by atoms with van der Waals surface area (Å²) in [5.74, 6) is 2.05. The third kappa shape index (κ3) is 1.78. The molecule has 0 unspecified atom stereocenters. The lowest BCUT2D eigenvalue weighted by atomic mass is 10.3. The highest BCUT2D eigenvalue weighted by Gasteiger charge is 2.21. The summed E-state index contributed by atoms with van der Waals surface area (Å²) >= 11 is 0. The van der Waals surface area contributed by atoms with Gasteiger partial charge in [0.1, 0.15) is 5.75 Å². The average Bonchev–Trinajstić information content (AvgIpc) is 2.69. The molecule has 0 aliphatic rings. The number of nitrogens with two attached hydrogens (primary N) is 1. The highest BCUT2D eigenvalue weighted by Crippen LogP contribution is 2.20. The fourth-order valence-corrected chi connectivity index (χ4v) is 2.42. The summed E-state index contributed by atoms with van der Waals surface area (Å²) in [4.78, 5) is 0. The van der Waals surface area contributed by atoms with Gasteiger partial charge in [-0.05, 0) is 26.0 Å². The minimum absolute atomic E-state index is 0.554. The van der Waals surface area contributed by atoms with Crippen LogP contribution in [0.2, 0.25) is 0 Å². The van der Waals surface area contributed by atoms with Crippen molar-refractivity contribution in [3.63, 3.8) is 0 Å². The van der Waals surface area contributed by atoms with Crippen molar-refractivity contribution < 1.29 is 9.30 Å². The number of hydrogen-bond donors (Lipinski definition) is 1. The largest absolute Gasteiger partial charge is 0.497 e. The van der Waals surface area contributed by atoms with Gasteiger partial charge in [0.05, 0.1) is 26.7 Å². The maximum absolute atomic E-state index is 5.86. The topological polar surface area (TPSA) is 44.1 Å². The van der Waals surface area contributed by atoms with E-state index >= 15 is 0 Å². The van der Waals surface area contributed by atoms with Gasteiger partial charge in [-0.2, -0.15) is 0 Å². The first-order valence-electron chi connectivity index (χ1n) is 6.05. The zero-order valence-electron chi connectivity index (χ0n) is 10.7. The van der Waals surface area contributed by atoms with Crippen molar-refractivity contribution in [1.29, 1.82) is 0 Å². The van der Waals surface area contributed by atoms with Crippen molar-refractivity contribution in [3.8, 4) is 5.75 Å². The number of fused-ring (bicyclic) bond motifs is 1. The number of aryl methyl sites for hydroxylation is 2. The Hall–Kier alpha value is -1.55. The molecule has 2 N–H and O–H groups in total. The van der Waals surface area contributed by atoms with Crippen LogP contribution in [0.3, 0.4) is 0 Å². The second-order valence-electron chi connectivity index (χ2n) is 3.96. The van der Waals surface area contributed by atoms with Crippen molar-refractivity contribution in [3.05, 3.63) is 24.0 Å². The van der Waals surface area contributed by atoms with Crippen LogP contribution in [-0.2, 0) is 19.6 Å². The lowest BCUT2D eigenvalue weighted by molar-refractivity contribution is -0.676. The number of hydrogen-bond acceptors (Lipinski definition) is 2. The number of ether oxygens (including phenoxy) is 1. The first kappa shape index (κ1) is 11.9. The van der Waals surface area contributed by atoms with Crippen molar-refractivity contribution >= 4 is 11.0 Å². The number of rotatable bonds is 4. The number of aromatic nitrogens is 2. The summed E-state index contributed by atoms with van der Waals surface area (Å²) in [6.45, 7) is 6.69. The van der Waals surface area contributed by atoms with Crippen LogP contribution in [0.15, 0.2) is 18.2 Å². The first-order valence-corrected chi connectivity index (χ1v) is 6.05. The summed E-state index contributed by atoms with van der Waals surface area (Å²) in [7, 11) is 1.69. The van der Waals surface area contributed by atoms with E-state index in [1.54, 1.807) is 7.11 Å². The molecule has 1 aromatic carbocycles. The number of imidazole rings is 1. The van der Waals surface area contributed by atoms with E-state index in [0.29, 0.717) is 6.54 Å². The van der Waals surface area contributed by atoms with Crippen molar-refractivity contribution in [2.24, 2.45) is 5.73 Å². The van der Waals surface area contributed by atoms with Crippen molar-refractivity contribution in [1.82, 2.24) is 4.57 Å².